The molecule has 0 atom stereocenters. The van der Waals surface area contributed by atoms with Gasteiger partial charge in [-0.2, -0.15) is 0 Å². The lowest BCUT2D eigenvalue weighted by molar-refractivity contribution is 0.308. The fourth-order valence-corrected chi connectivity index (χ4v) is 14.4. The van der Waals surface area contributed by atoms with Gasteiger partial charge in [-0.15, -0.1) is 22.7 Å². The number of hydrogen-bond acceptors (Lipinski definition) is 14. The molecule has 3 aliphatic heterocycles. The normalized spacial score (nSPS) is 12.3. The van der Waals surface area contributed by atoms with Crippen LogP contribution in [0.2, 0.25) is 0 Å². The van der Waals surface area contributed by atoms with E-state index in [-0.39, 0.29) is 37.1 Å². The van der Waals surface area contributed by atoms with Crippen molar-refractivity contribution in [3.8, 4) is 5.75 Å². The van der Waals surface area contributed by atoms with Crippen LogP contribution in [0.25, 0.3) is 0 Å². The number of rotatable bonds is 12. The van der Waals surface area contributed by atoms with Crippen LogP contribution in [0, 0.1) is 55.4 Å². The molecule has 0 amide bonds. The van der Waals surface area contributed by atoms with E-state index in [1.165, 1.54) is 157 Å². The van der Waals surface area contributed by atoms with Gasteiger partial charge in [-0.05, 0) is 240 Å². The summed E-state index contributed by atoms with van der Waals surface area (Å²) >= 11 is 3.70. The number of benzene rings is 2. The van der Waals surface area contributed by atoms with E-state index in [2.05, 4.69) is 333 Å². The second kappa shape index (κ2) is 59.5. The molecule has 0 spiro atoms. The average Bonchev–Trinajstić information content (AvgIpc) is 1.82. The van der Waals surface area contributed by atoms with Gasteiger partial charge in [-0.25, -0.2) is 19.9 Å². The quantitative estimate of drug-likeness (QED) is 0.116. The van der Waals surface area contributed by atoms with Crippen LogP contribution in [0.1, 0.15) is 372 Å². The number of nitrogens with zero attached hydrogens (tertiary/aromatic N) is 11. The Balaban J connectivity index is 0. The van der Waals surface area contributed by atoms with Crippen molar-refractivity contribution in [1.29, 1.82) is 0 Å². The van der Waals surface area contributed by atoms with Gasteiger partial charge in [0.15, 0.2) is 16.7 Å². The molecule has 0 N–H and O–H groups in total. The van der Waals surface area contributed by atoms with Crippen LogP contribution in [-0.2, 0) is 0 Å². The van der Waals surface area contributed by atoms with E-state index in [0.717, 1.165) is 41.8 Å². The van der Waals surface area contributed by atoms with Crippen LogP contribution in [0.5, 0.6) is 5.75 Å². The number of ether oxygens (including phenoxy) is 1. The highest BCUT2D eigenvalue weighted by Crippen LogP contribution is 2.34. The van der Waals surface area contributed by atoms with E-state index in [1.54, 1.807) is 0 Å². The minimum atomic E-state index is 0. The Morgan fingerprint density at radius 2 is 0.805 bits per heavy atom. The highest BCUT2D eigenvalue weighted by molar-refractivity contribution is 7.15. The number of anilines is 3. The third-order valence-corrected chi connectivity index (χ3v) is 22.6. The standard InChI is InChI=1S/C13H20N2.C12H20N2S.C11H16N2O.C10H14.4C9H13N.C9H12.C8H13NS.5CH4/c1-11(2)12-6-7-14-13(10-12)15-8-4-3-5-9-15;1-9(2)11-10(3)13-12(15-11)14-7-5-4-6-8-14;1-8(2)9-6-10-11(12-7-9)13(3)4-5-14-10;1-8(2)10-6-4-5-9(3)7-10;1-7(2)9-4-8(3)5-10-6-9;2*1-7(2)9-5-4-8(3)10-6-9;1-7(2)9-5-4-6-10-8(9)3;1-8(2)9-6-4-3-5-7-9;1-5(2)8-6(3)9-7(4)10-8;;;;;/h6-7,10-11H,3-5,8-9H2,1-2H3;9H,4-8H2,1-3H3;6-8H,4-5H2,1-3H3;4-8H,1-3H3;4*4-7H,1-3H3;3-8H,1-2H3;5H,1-4H3;5*1H4. The van der Waals surface area contributed by atoms with Crippen molar-refractivity contribution in [1.82, 2.24) is 39.9 Å². The topological polar surface area (TPSA) is 122 Å². The zero-order chi connectivity index (χ0) is 83.9. The van der Waals surface area contributed by atoms with Gasteiger partial charge in [-0.1, -0.05) is 260 Å². The van der Waals surface area contributed by atoms with Crippen molar-refractivity contribution < 1.29 is 4.74 Å². The molecule has 0 aliphatic carbocycles. The maximum Gasteiger partial charge on any atom is 0.185 e. The molecule has 118 heavy (non-hydrogen) atoms. The van der Waals surface area contributed by atoms with Gasteiger partial charge < -0.3 is 19.4 Å². The maximum absolute atomic E-state index is 5.58. The molecule has 2 aromatic carbocycles. The summed E-state index contributed by atoms with van der Waals surface area (Å²) in [6.45, 7) is 66.9. The molecule has 11 heterocycles. The van der Waals surface area contributed by atoms with Crippen molar-refractivity contribution in [3.63, 3.8) is 0 Å². The Kier molecular flexibility index (Phi) is 56.4. The lowest BCUT2D eigenvalue weighted by Gasteiger charge is -2.28. The molecule has 8 aromatic heterocycles. The van der Waals surface area contributed by atoms with Crippen molar-refractivity contribution >= 4 is 39.4 Å². The van der Waals surface area contributed by atoms with Gasteiger partial charge in [0.1, 0.15) is 12.4 Å². The van der Waals surface area contributed by atoms with E-state index in [4.69, 9.17) is 9.72 Å². The summed E-state index contributed by atoms with van der Waals surface area (Å²) in [5.74, 6) is 9.06. The number of aromatic nitrogens is 8. The van der Waals surface area contributed by atoms with E-state index in [9.17, 15) is 0 Å². The molecule has 14 heteroatoms. The Labute approximate surface area is 732 Å². The lowest BCUT2D eigenvalue weighted by atomic mass is 10.0. The first kappa shape index (κ1) is 112. The minimum absolute atomic E-state index is 0. The zero-order valence-electron chi connectivity index (χ0n) is 75.4. The molecule has 0 radical (unpaired) electrons. The molecule has 3 aliphatic rings. The highest BCUT2D eigenvalue weighted by atomic mass is 32.1. The third kappa shape index (κ3) is 41.7. The van der Waals surface area contributed by atoms with Gasteiger partial charge in [0.05, 0.1) is 22.9 Å². The van der Waals surface area contributed by atoms with Crippen LogP contribution >= 0.6 is 22.7 Å². The van der Waals surface area contributed by atoms with Gasteiger partial charge >= 0.3 is 0 Å². The number of thiazole rings is 2. The van der Waals surface area contributed by atoms with Crippen LogP contribution in [0.15, 0.2) is 159 Å². The predicted octanol–water partition coefficient (Wildman–Crippen LogP) is 30.8. The second-order valence-electron chi connectivity index (χ2n) is 33.3. The second-order valence-corrected chi connectivity index (χ2v) is 35.6. The molecule has 10 aromatic rings. The molecular weight excluding hydrogens is 1480 g/mol. The summed E-state index contributed by atoms with van der Waals surface area (Å²) < 4.78 is 5.58. The Hall–Kier alpha value is -8.20. The van der Waals surface area contributed by atoms with Gasteiger partial charge in [0.2, 0.25) is 0 Å². The first-order valence-electron chi connectivity index (χ1n) is 42.1. The molecule has 2 fully saturated rings. The Morgan fingerprint density at radius 3 is 1.20 bits per heavy atom. The number of hydrogen-bond donors (Lipinski definition) is 0. The van der Waals surface area contributed by atoms with E-state index >= 15 is 0 Å². The Morgan fingerprint density at radius 1 is 0.339 bits per heavy atom. The van der Waals surface area contributed by atoms with Crippen molar-refractivity contribution in [2.24, 2.45) is 0 Å². The molecule has 2 saturated heterocycles. The van der Waals surface area contributed by atoms with E-state index < -0.39 is 0 Å². The number of piperidine rings is 2. The van der Waals surface area contributed by atoms with Crippen LogP contribution < -0.4 is 19.4 Å². The van der Waals surface area contributed by atoms with E-state index in [0.29, 0.717) is 59.2 Å². The summed E-state index contributed by atoms with van der Waals surface area (Å²) in [5.41, 5.74) is 19.1. The Bertz CT molecular complexity index is 4100. The first-order valence-corrected chi connectivity index (χ1v) is 43.7. The summed E-state index contributed by atoms with van der Waals surface area (Å²) in [6, 6.07) is 40.3. The number of fused-ring (bicyclic) bond motifs is 1. The van der Waals surface area contributed by atoms with Crippen LogP contribution in [0.4, 0.5) is 16.8 Å². The fourth-order valence-electron chi connectivity index (χ4n) is 12.4. The predicted molar refractivity (Wildman–Crippen MR) is 526 cm³/mol. The molecular formula is C104H167N11OS2. The first-order chi connectivity index (χ1) is 53.6. The molecule has 656 valence electrons. The van der Waals surface area contributed by atoms with Crippen LogP contribution in [0.3, 0.4) is 0 Å². The SMILES string of the molecule is C.C.C.C.C.CC(C)c1ccccc1.CC(C)c1ccnc(N2CCCCC2)c1.CC(C)c1cnc2c(c1)OCCN2C.Cc1ccc(C(C)C)cn1.Cc1ccc(C(C)C)cn1.Cc1cccc(C(C)C)c1.Cc1cncc(C(C)C)c1.Cc1nc(C)c(C(C)C)s1.Cc1nc(N2CCCCC2)sc1C(C)C.Cc1ncccc1C(C)C. The molecule has 13 rings (SSSR count). The van der Waals surface area contributed by atoms with Crippen molar-refractivity contribution in [3.05, 3.63) is 258 Å². The van der Waals surface area contributed by atoms with Crippen molar-refractivity contribution in [2.45, 2.75) is 329 Å². The highest BCUT2D eigenvalue weighted by Gasteiger charge is 2.20. The van der Waals surface area contributed by atoms with Crippen molar-refractivity contribution in [2.75, 3.05) is 61.1 Å². The molecule has 0 unspecified atom stereocenters. The average molecular weight is 1650 g/mol. The maximum atomic E-state index is 5.58. The molecule has 0 bridgehead atoms. The number of aryl methyl sites for hydroxylation is 8. The van der Waals surface area contributed by atoms with Gasteiger partial charge in [0, 0.05) is 103 Å². The van der Waals surface area contributed by atoms with Gasteiger partial charge in [-0.3, -0.25) is 19.9 Å². The third-order valence-electron chi connectivity index (χ3n) is 19.7. The van der Waals surface area contributed by atoms with Gasteiger partial charge in [0.25, 0.3) is 0 Å². The van der Waals surface area contributed by atoms with Crippen LogP contribution in [-0.4, -0.2) is 86.3 Å². The lowest BCUT2D eigenvalue weighted by Crippen LogP contribution is -2.30. The largest absolute Gasteiger partial charge is 0.488 e. The summed E-state index contributed by atoms with van der Waals surface area (Å²) in [5, 5.41) is 2.43. The molecule has 12 nitrogen and oxygen atoms in total. The number of pyridine rings is 6. The number of likely N-dealkylation sites (N-methyl/N-ethyl adjacent to an activating group) is 1. The summed E-state index contributed by atoms with van der Waals surface area (Å²) in [6.07, 6.45) is 21.5. The molecule has 0 saturated carbocycles. The monoisotopic (exact) mass is 1650 g/mol. The minimum Gasteiger partial charge on any atom is -0.488 e. The fraction of sp³-hybridized carbons (Fsp3) is 0.538. The van der Waals surface area contributed by atoms with E-state index in [1.807, 2.05) is 99.1 Å². The summed E-state index contributed by atoms with van der Waals surface area (Å²) in [7, 11) is 2.05. The summed E-state index contributed by atoms with van der Waals surface area (Å²) in [4.78, 5) is 44.5. The zero-order valence-corrected chi connectivity index (χ0v) is 77.0. The smallest absolute Gasteiger partial charge is 0.185 e.